The predicted molar refractivity (Wildman–Crippen MR) is 128 cm³/mol. The SMILES string of the molecule is CCOc1ccc(S(=O)(=O)N[C@@H](Cc2ccccc2)C(=O)Nc2cc([N+](=O)[O-])ccc2C)cc1. The number of anilines is 1. The summed E-state index contributed by atoms with van der Waals surface area (Å²) in [4.78, 5) is 23.7. The van der Waals surface area contributed by atoms with E-state index in [0.717, 1.165) is 5.56 Å². The Bertz CT molecular complexity index is 1260. The molecule has 0 aliphatic heterocycles. The molecular formula is C24H25N3O6S. The van der Waals surface area contributed by atoms with Crippen LogP contribution in [-0.2, 0) is 21.2 Å². The molecule has 2 N–H and O–H groups in total. The largest absolute Gasteiger partial charge is 0.494 e. The Labute approximate surface area is 198 Å². The van der Waals surface area contributed by atoms with Gasteiger partial charge in [0.15, 0.2) is 0 Å². The van der Waals surface area contributed by atoms with Gasteiger partial charge in [-0.1, -0.05) is 36.4 Å². The van der Waals surface area contributed by atoms with Gasteiger partial charge in [0.05, 0.1) is 22.1 Å². The maximum atomic E-state index is 13.2. The molecule has 34 heavy (non-hydrogen) atoms. The second kappa shape index (κ2) is 10.9. The van der Waals surface area contributed by atoms with Crippen molar-refractivity contribution in [3.05, 3.63) is 94.0 Å². The van der Waals surface area contributed by atoms with Crippen LogP contribution in [0.1, 0.15) is 18.1 Å². The van der Waals surface area contributed by atoms with Crippen LogP contribution in [0, 0.1) is 17.0 Å². The molecule has 0 saturated heterocycles. The lowest BCUT2D eigenvalue weighted by molar-refractivity contribution is -0.384. The summed E-state index contributed by atoms with van der Waals surface area (Å²) in [5.74, 6) is -0.108. The number of amides is 1. The van der Waals surface area contributed by atoms with Crippen molar-refractivity contribution in [1.82, 2.24) is 4.72 Å². The number of aryl methyl sites for hydroxylation is 1. The number of hydrogen-bond donors (Lipinski definition) is 2. The maximum absolute atomic E-state index is 13.2. The van der Waals surface area contributed by atoms with Crippen LogP contribution >= 0.6 is 0 Å². The van der Waals surface area contributed by atoms with Gasteiger partial charge in [-0.2, -0.15) is 4.72 Å². The van der Waals surface area contributed by atoms with Crippen molar-refractivity contribution in [3.8, 4) is 5.75 Å². The summed E-state index contributed by atoms with van der Waals surface area (Å²) >= 11 is 0. The molecule has 3 aromatic carbocycles. The Morgan fingerprint density at radius 2 is 1.74 bits per heavy atom. The summed E-state index contributed by atoms with van der Waals surface area (Å²) in [6, 6.07) is 17.8. The number of carbonyl (C=O) groups excluding carboxylic acids is 1. The molecule has 0 fully saturated rings. The highest BCUT2D eigenvalue weighted by molar-refractivity contribution is 7.89. The molecular weight excluding hydrogens is 458 g/mol. The van der Waals surface area contributed by atoms with Crippen molar-refractivity contribution < 1.29 is 22.9 Å². The minimum absolute atomic E-state index is 0.0201. The number of non-ortho nitro benzene ring substituents is 1. The third kappa shape index (κ3) is 6.40. The van der Waals surface area contributed by atoms with Crippen molar-refractivity contribution in [1.29, 1.82) is 0 Å². The number of nitro groups is 1. The predicted octanol–water partition coefficient (Wildman–Crippen LogP) is 3.83. The fourth-order valence-corrected chi connectivity index (χ4v) is 4.45. The van der Waals surface area contributed by atoms with Crippen LogP contribution in [0.5, 0.6) is 5.75 Å². The van der Waals surface area contributed by atoms with Gasteiger partial charge in [-0.05, 0) is 55.7 Å². The first kappa shape index (κ1) is 24.9. The van der Waals surface area contributed by atoms with Crippen molar-refractivity contribution in [2.45, 2.75) is 31.2 Å². The molecule has 0 spiro atoms. The Morgan fingerprint density at radius 3 is 2.35 bits per heavy atom. The van der Waals surface area contributed by atoms with Crippen molar-refractivity contribution in [2.24, 2.45) is 0 Å². The smallest absolute Gasteiger partial charge is 0.271 e. The monoisotopic (exact) mass is 483 g/mol. The van der Waals surface area contributed by atoms with E-state index in [1.165, 1.54) is 42.5 Å². The quantitative estimate of drug-likeness (QED) is 0.333. The summed E-state index contributed by atoms with van der Waals surface area (Å²) in [5, 5.41) is 13.8. The molecule has 0 aromatic heterocycles. The zero-order chi connectivity index (χ0) is 24.7. The molecule has 0 aliphatic carbocycles. The molecule has 0 unspecified atom stereocenters. The number of hydrogen-bond acceptors (Lipinski definition) is 6. The molecule has 3 rings (SSSR count). The van der Waals surface area contributed by atoms with Crippen molar-refractivity contribution in [2.75, 3.05) is 11.9 Å². The molecule has 10 heteroatoms. The molecule has 1 amide bonds. The van der Waals surface area contributed by atoms with Crippen molar-refractivity contribution in [3.63, 3.8) is 0 Å². The highest BCUT2D eigenvalue weighted by Crippen LogP contribution is 2.23. The van der Waals surface area contributed by atoms with Crippen LogP contribution in [-0.4, -0.2) is 31.9 Å². The fraction of sp³-hybridized carbons (Fsp3) is 0.208. The highest BCUT2D eigenvalue weighted by Gasteiger charge is 2.27. The number of nitrogens with zero attached hydrogens (tertiary/aromatic N) is 1. The van der Waals surface area contributed by atoms with Gasteiger partial charge in [0, 0.05) is 12.1 Å². The van der Waals surface area contributed by atoms with E-state index < -0.39 is 26.9 Å². The number of nitrogens with one attached hydrogen (secondary N) is 2. The Hall–Kier alpha value is -3.76. The van der Waals surface area contributed by atoms with Gasteiger partial charge in [0.2, 0.25) is 15.9 Å². The molecule has 0 aliphatic rings. The first-order chi connectivity index (χ1) is 16.2. The zero-order valence-electron chi connectivity index (χ0n) is 18.7. The van der Waals surface area contributed by atoms with Crippen LogP contribution in [0.2, 0.25) is 0 Å². The van der Waals surface area contributed by atoms with Gasteiger partial charge in [-0.25, -0.2) is 8.42 Å². The van der Waals surface area contributed by atoms with Crippen LogP contribution in [0.3, 0.4) is 0 Å². The lowest BCUT2D eigenvalue weighted by Gasteiger charge is -2.19. The van der Waals surface area contributed by atoms with Crippen LogP contribution in [0.15, 0.2) is 77.7 Å². The Morgan fingerprint density at radius 1 is 1.06 bits per heavy atom. The van der Waals surface area contributed by atoms with Gasteiger partial charge in [0.25, 0.3) is 5.69 Å². The van der Waals surface area contributed by atoms with Gasteiger partial charge in [0.1, 0.15) is 11.8 Å². The van der Waals surface area contributed by atoms with E-state index in [2.05, 4.69) is 10.0 Å². The summed E-state index contributed by atoms with van der Waals surface area (Å²) in [6.07, 6.45) is 0.0803. The number of nitro benzene ring substituents is 1. The molecule has 0 radical (unpaired) electrons. The minimum Gasteiger partial charge on any atom is -0.494 e. The second-order valence-corrected chi connectivity index (χ2v) is 9.23. The molecule has 0 saturated carbocycles. The van der Waals surface area contributed by atoms with E-state index in [1.54, 1.807) is 31.2 Å². The highest BCUT2D eigenvalue weighted by atomic mass is 32.2. The molecule has 9 nitrogen and oxygen atoms in total. The number of ether oxygens (including phenoxy) is 1. The molecule has 178 valence electrons. The lowest BCUT2D eigenvalue weighted by Crippen LogP contribution is -2.45. The van der Waals surface area contributed by atoms with Gasteiger partial charge in [-0.3, -0.25) is 14.9 Å². The zero-order valence-corrected chi connectivity index (χ0v) is 19.5. The van der Waals surface area contributed by atoms with Gasteiger partial charge >= 0.3 is 0 Å². The van der Waals surface area contributed by atoms with E-state index in [-0.39, 0.29) is 22.7 Å². The number of rotatable bonds is 10. The molecule has 0 heterocycles. The van der Waals surface area contributed by atoms with E-state index in [4.69, 9.17) is 4.74 Å². The normalized spacial score (nSPS) is 12.1. The summed E-state index contributed by atoms with van der Waals surface area (Å²) in [7, 11) is -4.05. The van der Waals surface area contributed by atoms with Gasteiger partial charge in [-0.15, -0.1) is 0 Å². The second-order valence-electron chi connectivity index (χ2n) is 7.51. The third-order valence-electron chi connectivity index (χ3n) is 5.03. The van der Waals surface area contributed by atoms with E-state index in [1.807, 2.05) is 13.0 Å². The Balaban J connectivity index is 1.88. The number of carbonyl (C=O) groups is 1. The van der Waals surface area contributed by atoms with Crippen LogP contribution in [0.4, 0.5) is 11.4 Å². The van der Waals surface area contributed by atoms with Gasteiger partial charge < -0.3 is 10.1 Å². The minimum atomic E-state index is -4.05. The lowest BCUT2D eigenvalue weighted by atomic mass is 10.1. The average molecular weight is 484 g/mol. The topological polar surface area (TPSA) is 128 Å². The van der Waals surface area contributed by atoms with E-state index >= 15 is 0 Å². The van der Waals surface area contributed by atoms with Crippen LogP contribution < -0.4 is 14.8 Å². The summed E-state index contributed by atoms with van der Waals surface area (Å²) in [6.45, 7) is 3.96. The number of benzene rings is 3. The van der Waals surface area contributed by atoms with Crippen molar-refractivity contribution >= 4 is 27.3 Å². The third-order valence-corrected chi connectivity index (χ3v) is 6.52. The first-order valence-electron chi connectivity index (χ1n) is 10.5. The van der Waals surface area contributed by atoms with Crippen LogP contribution in [0.25, 0.3) is 0 Å². The summed E-state index contributed by atoms with van der Waals surface area (Å²) in [5.41, 5.74) is 1.40. The number of sulfonamides is 1. The molecule has 3 aromatic rings. The molecule has 1 atom stereocenters. The molecule has 0 bridgehead atoms. The summed E-state index contributed by atoms with van der Waals surface area (Å²) < 4.78 is 33.9. The first-order valence-corrected chi connectivity index (χ1v) is 12.0. The fourth-order valence-electron chi connectivity index (χ4n) is 3.25. The van der Waals surface area contributed by atoms with E-state index in [0.29, 0.717) is 17.9 Å². The van der Waals surface area contributed by atoms with E-state index in [9.17, 15) is 23.3 Å². The standard InChI is InChI=1S/C24H25N3O6S/c1-3-33-20-11-13-21(14-12-20)34(31,32)26-23(15-18-7-5-4-6-8-18)24(28)25-22-16-19(27(29)30)10-9-17(22)2/h4-14,16,23,26H,3,15H2,1-2H3,(H,25,28)/t23-/m0/s1. The Kier molecular flexibility index (Phi) is 7.98. The average Bonchev–Trinajstić information content (AvgIpc) is 2.81. The maximum Gasteiger partial charge on any atom is 0.271 e.